The van der Waals surface area contributed by atoms with Gasteiger partial charge in [0, 0.05) is 5.69 Å². The Bertz CT molecular complexity index is 447. The molecular weight excluding hydrogens is 238 g/mol. The minimum atomic E-state index is -0.317. The molecule has 1 amide bonds. The highest BCUT2D eigenvalue weighted by atomic mass is 16.5. The quantitative estimate of drug-likeness (QED) is 0.906. The second-order valence-electron chi connectivity index (χ2n) is 6.41. The summed E-state index contributed by atoms with van der Waals surface area (Å²) in [6, 6.07) is 8.10. The van der Waals surface area contributed by atoms with Crippen LogP contribution in [0.15, 0.2) is 24.3 Å². The average Bonchev–Trinajstić information content (AvgIpc) is 2.27. The Hall–Kier alpha value is -1.35. The largest absolute Gasteiger partial charge is 0.379 e. The predicted octanol–water partition coefficient (Wildman–Crippen LogP) is 3.35. The van der Waals surface area contributed by atoms with E-state index in [1.807, 2.05) is 19.1 Å². The Labute approximate surface area is 115 Å². The third-order valence-corrected chi connectivity index (χ3v) is 3.92. The van der Waals surface area contributed by atoms with Crippen LogP contribution in [0.5, 0.6) is 0 Å². The van der Waals surface area contributed by atoms with Gasteiger partial charge in [0.25, 0.3) is 0 Å². The van der Waals surface area contributed by atoms with Gasteiger partial charge in [-0.1, -0.05) is 39.8 Å². The van der Waals surface area contributed by atoms with E-state index in [0.29, 0.717) is 13.2 Å². The van der Waals surface area contributed by atoms with Crippen LogP contribution in [0.2, 0.25) is 0 Å². The summed E-state index contributed by atoms with van der Waals surface area (Å²) in [5, 5.41) is 3.00. The van der Waals surface area contributed by atoms with Gasteiger partial charge < -0.3 is 10.1 Å². The van der Waals surface area contributed by atoms with Crippen LogP contribution in [-0.4, -0.2) is 19.1 Å². The second-order valence-corrected chi connectivity index (χ2v) is 6.41. The van der Waals surface area contributed by atoms with E-state index in [-0.39, 0.29) is 16.7 Å². The molecule has 0 atom stereocenters. The summed E-state index contributed by atoms with van der Waals surface area (Å²) in [6.45, 7) is 9.64. The average molecular weight is 261 g/mol. The second kappa shape index (κ2) is 4.97. The lowest BCUT2D eigenvalue weighted by Crippen LogP contribution is -2.51. The summed E-state index contributed by atoms with van der Waals surface area (Å²) < 4.78 is 5.19. The van der Waals surface area contributed by atoms with Crippen molar-refractivity contribution in [3.05, 3.63) is 29.8 Å². The summed E-state index contributed by atoms with van der Waals surface area (Å²) >= 11 is 0. The zero-order valence-electron chi connectivity index (χ0n) is 12.2. The summed E-state index contributed by atoms with van der Waals surface area (Å²) in [5.41, 5.74) is 1.94. The smallest absolute Gasteiger partial charge is 0.235 e. The fourth-order valence-electron chi connectivity index (χ4n) is 2.16. The minimum Gasteiger partial charge on any atom is -0.379 e. The number of amides is 1. The van der Waals surface area contributed by atoms with Crippen molar-refractivity contribution in [1.82, 2.24) is 0 Å². The van der Waals surface area contributed by atoms with E-state index in [1.54, 1.807) is 0 Å². The van der Waals surface area contributed by atoms with Crippen LogP contribution in [0.25, 0.3) is 0 Å². The van der Waals surface area contributed by atoms with Gasteiger partial charge in [-0.15, -0.1) is 0 Å². The monoisotopic (exact) mass is 261 g/mol. The molecule has 1 fully saturated rings. The molecular formula is C16H23NO2. The van der Waals surface area contributed by atoms with Crippen LogP contribution in [0.1, 0.15) is 39.7 Å². The zero-order chi connectivity index (χ0) is 14.1. The Kier molecular flexibility index (Phi) is 3.68. The molecule has 0 bridgehead atoms. The van der Waals surface area contributed by atoms with Crippen molar-refractivity contribution in [2.24, 2.45) is 5.41 Å². The molecule has 0 saturated carbocycles. The van der Waals surface area contributed by atoms with Crippen LogP contribution in [0, 0.1) is 5.41 Å². The summed E-state index contributed by atoms with van der Waals surface area (Å²) in [7, 11) is 0. The SMILES string of the molecule is CCC1(C(=O)Nc2ccc(C(C)(C)C)cc2)COC1. The van der Waals surface area contributed by atoms with Crippen LogP contribution in [0.4, 0.5) is 5.69 Å². The van der Waals surface area contributed by atoms with Crippen molar-refractivity contribution in [3.8, 4) is 0 Å². The number of hydrogen-bond acceptors (Lipinski definition) is 2. The molecule has 1 saturated heterocycles. The van der Waals surface area contributed by atoms with Gasteiger partial charge in [-0.05, 0) is 29.5 Å². The standard InChI is InChI=1S/C16H23NO2/c1-5-16(10-19-11-16)14(18)17-13-8-6-12(7-9-13)15(2,3)4/h6-9H,5,10-11H2,1-4H3,(H,17,18). The Balaban J connectivity index is 2.06. The van der Waals surface area contributed by atoms with Gasteiger partial charge in [-0.25, -0.2) is 0 Å². The van der Waals surface area contributed by atoms with Gasteiger partial charge in [-0.3, -0.25) is 4.79 Å². The van der Waals surface area contributed by atoms with Crippen molar-refractivity contribution in [2.45, 2.75) is 39.5 Å². The Morgan fingerprint density at radius 2 is 1.84 bits per heavy atom. The van der Waals surface area contributed by atoms with Gasteiger partial charge in [0.1, 0.15) is 0 Å². The number of rotatable bonds is 3. The maximum atomic E-state index is 12.2. The molecule has 0 spiro atoms. The van der Waals surface area contributed by atoms with Gasteiger partial charge in [-0.2, -0.15) is 0 Å². The highest BCUT2D eigenvalue weighted by Crippen LogP contribution is 2.33. The van der Waals surface area contributed by atoms with Crippen molar-refractivity contribution >= 4 is 11.6 Å². The van der Waals surface area contributed by atoms with Gasteiger partial charge in [0.05, 0.1) is 18.6 Å². The summed E-state index contributed by atoms with van der Waals surface area (Å²) in [4.78, 5) is 12.2. The molecule has 1 aromatic rings. The number of ether oxygens (including phenoxy) is 1. The number of nitrogens with one attached hydrogen (secondary N) is 1. The van der Waals surface area contributed by atoms with Gasteiger partial charge >= 0.3 is 0 Å². The molecule has 19 heavy (non-hydrogen) atoms. The zero-order valence-corrected chi connectivity index (χ0v) is 12.2. The molecule has 1 aliphatic rings. The summed E-state index contributed by atoms with van der Waals surface area (Å²) in [5.74, 6) is 0.0739. The Morgan fingerprint density at radius 1 is 1.26 bits per heavy atom. The van der Waals surface area contributed by atoms with Crippen molar-refractivity contribution < 1.29 is 9.53 Å². The first-order valence-electron chi connectivity index (χ1n) is 6.87. The maximum Gasteiger partial charge on any atom is 0.235 e. The lowest BCUT2D eigenvalue weighted by molar-refractivity contribution is -0.156. The number of carbonyl (C=O) groups is 1. The third-order valence-electron chi connectivity index (χ3n) is 3.92. The van der Waals surface area contributed by atoms with E-state index >= 15 is 0 Å². The van der Waals surface area contributed by atoms with Crippen LogP contribution < -0.4 is 5.32 Å². The molecule has 104 valence electrons. The first kappa shape index (κ1) is 14.1. The van der Waals surface area contributed by atoms with Crippen LogP contribution in [0.3, 0.4) is 0 Å². The molecule has 1 N–H and O–H groups in total. The highest BCUT2D eigenvalue weighted by Gasteiger charge is 2.44. The van der Waals surface area contributed by atoms with Crippen molar-refractivity contribution in [3.63, 3.8) is 0 Å². The van der Waals surface area contributed by atoms with Crippen molar-refractivity contribution in [1.29, 1.82) is 0 Å². The van der Waals surface area contributed by atoms with E-state index < -0.39 is 0 Å². The number of carbonyl (C=O) groups excluding carboxylic acids is 1. The van der Waals surface area contributed by atoms with Crippen LogP contribution in [-0.2, 0) is 14.9 Å². The normalized spacial score (nSPS) is 17.7. The third kappa shape index (κ3) is 2.81. The minimum absolute atomic E-state index is 0.0739. The molecule has 0 aromatic heterocycles. The fraction of sp³-hybridized carbons (Fsp3) is 0.562. The maximum absolute atomic E-state index is 12.2. The molecule has 2 rings (SSSR count). The topological polar surface area (TPSA) is 38.3 Å². The highest BCUT2D eigenvalue weighted by molar-refractivity contribution is 5.96. The first-order chi connectivity index (χ1) is 8.87. The molecule has 0 radical (unpaired) electrons. The van der Waals surface area contributed by atoms with E-state index in [9.17, 15) is 4.79 Å². The summed E-state index contributed by atoms with van der Waals surface area (Å²) in [6.07, 6.45) is 0.818. The van der Waals surface area contributed by atoms with Crippen LogP contribution >= 0.6 is 0 Å². The molecule has 1 aliphatic heterocycles. The molecule has 0 unspecified atom stereocenters. The Morgan fingerprint density at radius 3 is 2.21 bits per heavy atom. The molecule has 0 aliphatic carbocycles. The van der Waals surface area contributed by atoms with Gasteiger partial charge in [0.2, 0.25) is 5.91 Å². The lowest BCUT2D eigenvalue weighted by atomic mass is 9.82. The van der Waals surface area contributed by atoms with E-state index in [4.69, 9.17) is 4.74 Å². The first-order valence-corrected chi connectivity index (χ1v) is 6.87. The van der Waals surface area contributed by atoms with E-state index in [0.717, 1.165) is 12.1 Å². The molecule has 3 nitrogen and oxygen atoms in total. The van der Waals surface area contributed by atoms with E-state index in [1.165, 1.54) is 5.56 Å². The fourth-order valence-corrected chi connectivity index (χ4v) is 2.16. The molecule has 3 heteroatoms. The number of benzene rings is 1. The van der Waals surface area contributed by atoms with Crippen molar-refractivity contribution in [2.75, 3.05) is 18.5 Å². The lowest BCUT2D eigenvalue weighted by Gasteiger charge is -2.39. The number of hydrogen-bond donors (Lipinski definition) is 1. The molecule has 1 heterocycles. The predicted molar refractivity (Wildman–Crippen MR) is 77.3 cm³/mol. The molecule has 1 aromatic carbocycles. The number of anilines is 1. The van der Waals surface area contributed by atoms with E-state index in [2.05, 4.69) is 38.2 Å². The van der Waals surface area contributed by atoms with Gasteiger partial charge in [0.15, 0.2) is 0 Å².